The SMILES string of the molecule is COc1cccc2ccc(CNCc3noc(C)n3)nc12. The van der Waals surface area contributed by atoms with Gasteiger partial charge in [0.15, 0.2) is 5.82 Å². The zero-order chi connectivity index (χ0) is 14.7. The molecule has 0 aliphatic carbocycles. The lowest BCUT2D eigenvalue weighted by Crippen LogP contribution is -2.14. The molecule has 1 N–H and O–H groups in total. The first-order chi connectivity index (χ1) is 10.3. The molecule has 2 aromatic heterocycles. The Bertz CT molecular complexity index is 754. The van der Waals surface area contributed by atoms with Crippen molar-refractivity contribution >= 4 is 10.9 Å². The molecule has 2 heterocycles. The number of hydrogen-bond acceptors (Lipinski definition) is 6. The molecular formula is C15H16N4O2. The molecule has 0 aliphatic heterocycles. The summed E-state index contributed by atoms with van der Waals surface area (Å²) in [4.78, 5) is 8.77. The van der Waals surface area contributed by atoms with Crippen molar-refractivity contribution in [1.82, 2.24) is 20.4 Å². The molecule has 3 aromatic rings. The maximum Gasteiger partial charge on any atom is 0.223 e. The third kappa shape index (κ3) is 3.00. The van der Waals surface area contributed by atoms with Crippen molar-refractivity contribution in [3.05, 3.63) is 47.7 Å². The number of aromatic nitrogens is 3. The number of fused-ring (bicyclic) bond motifs is 1. The predicted molar refractivity (Wildman–Crippen MR) is 77.9 cm³/mol. The number of ether oxygens (including phenoxy) is 1. The van der Waals surface area contributed by atoms with Crippen LogP contribution in [0.15, 0.2) is 34.9 Å². The molecule has 3 rings (SSSR count). The minimum Gasteiger partial charge on any atom is -0.494 e. The molecule has 0 fully saturated rings. The summed E-state index contributed by atoms with van der Waals surface area (Å²) in [7, 11) is 1.65. The largest absolute Gasteiger partial charge is 0.494 e. The number of benzene rings is 1. The molecule has 0 aliphatic rings. The Morgan fingerprint density at radius 1 is 1.14 bits per heavy atom. The van der Waals surface area contributed by atoms with Gasteiger partial charge in [0.05, 0.1) is 19.3 Å². The van der Waals surface area contributed by atoms with E-state index < -0.39 is 0 Å². The molecule has 21 heavy (non-hydrogen) atoms. The van der Waals surface area contributed by atoms with Gasteiger partial charge in [-0.15, -0.1) is 0 Å². The Morgan fingerprint density at radius 3 is 2.81 bits per heavy atom. The summed E-state index contributed by atoms with van der Waals surface area (Å²) in [6.45, 7) is 2.94. The predicted octanol–water partition coefficient (Wildman–Crippen LogP) is 2.22. The summed E-state index contributed by atoms with van der Waals surface area (Å²) < 4.78 is 10.3. The van der Waals surface area contributed by atoms with Crippen molar-refractivity contribution in [1.29, 1.82) is 0 Å². The highest BCUT2D eigenvalue weighted by atomic mass is 16.5. The van der Waals surface area contributed by atoms with Crippen LogP contribution in [0, 0.1) is 6.92 Å². The molecule has 0 spiro atoms. The fraction of sp³-hybridized carbons (Fsp3) is 0.267. The van der Waals surface area contributed by atoms with Crippen molar-refractivity contribution in [3.63, 3.8) is 0 Å². The normalized spacial score (nSPS) is 11.0. The second-order valence-electron chi connectivity index (χ2n) is 4.67. The van der Waals surface area contributed by atoms with E-state index in [0.29, 0.717) is 24.8 Å². The highest BCUT2D eigenvalue weighted by molar-refractivity contribution is 5.84. The van der Waals surface area contributed by atoms with Crippen LogP contribution in [0.1, 0.15) is 17.4 Å². The first kappa shape index (κ1) is 13.5. The first-order valence-corrected chi connectivity index (χ1v) is 6.69. The van der Waals surface area contributed by atoms with Crippen LogP contribution in [0.25, 0.3) is 10.9 Å². The highest BCUT2D eigenvalue weighted by Crippen LogP contribution is 2.23. The van der Waals surface area contributed by atoms with Crippen LogP contribution in [0.2, 0.25) is 0 Å². The van der Waals surface area contributed by atoms with Crippen LogP contribution in [0.4, 0.5) is 0 Å². The van der Waals surface area contributed by atoms with Crippen LogP contribution < -0.4 is 10.1 Å². The molecular weight excluding hydrogens is 268 g/mol. The van der Waals surface area contributed by atoms with E-state index in [9.17, 15) is 0 Å². The van der Waals surface area contributed by atoms with Gasteiger partial charge in [-0.1, -0.05) is 23.4 Å². The van der Waals surface area contributed by atoms with Gasteiger partial charge in [-0.2, -0.15) is 4.98 Å². The van der Waals surface area contributed by atoms with E-state index in [4.69, 9.17) is 9.26 Å². The molecule has 6 nitrogen and oxygen atoms in total. The maximum absolute atomic E-state index is 5.34. The van der Waals surface area contributed by atoms with Gasteiger partial charge in [0.1, 0.15) is 11.3 Å². The number of methoxy groups -OCH3 is 1. The summed E-state index contributed by atoms with van der Waals surface area (Å²) in [5.74, 6) is 1.99. The van der Waals surface area contributed by atoms with Crippen molar-refractivity contribution in [2.75, 3.05) is 7.11 Å². The van der Waals surface area contributed by atoms with Gasteiger partial charge >= 0.3 is 0 Å². The standard InChI is InChI=1S/C15H16N4O2/c1-10-17-14(19-21-10)9-16-8-12-7-6-11-4-3-5-13(20-2)15(11)18-12/h3-7,16H,8-9H2,1-2H3. The molecule has 0 amide bonds. The van der Waals surface area contributed by atoms with E-state index in [-0.39, 0.29) is 0 Å². The zero-order valence-corrected chi connectivity index (χ0v) is 12.0. The van der Waals surface area contributed by atoms with E-state index in [1.54, 1.807) is 14.0 Å². The number of nitrogens with one attached hydrogen (secondary N) is 1. The lowest BCUT2D eigenvalue weighted by Gasteiger charge is -2.07. The van der Waals surface area contributed by atoms with Crippen molar-refractivity contribution in [3.8, 4) is 5.75 Å². The Hall–Kier alpha value is -2.47. The number of pyridine rings is 1. The molecule has 0 radical (unpaired) electrons. The molecule has 0 atom stereocenters. The summed E-state index contributed by atoms with van der Waals surface area (Å²) >= 11 is 0. The third-order valence-corrected chi connectivity index (χ3v) is 3.12. The van der Waals surface area contributed by atoms with Gasteiger partial charge < -0.3 is 14.6 Å². The average Bonchev–Trinajstić information content (AvgIpc) is 2.92. The topological polar surface area (TPSA) is 73.1 Å². The lowest BCUT2D eigenvalue weighted by atomic mass is 10.2. The fourth-order valence-corrected chi connectivity index (χ4v) is 2.14. The summed E-state index contributed by atoms with van der Waals surface area (Å²) in [5, 5.41) is 8.14. The summed E-state index contributed by atoms with van der Waals surface area (Å²) in [5.41, 5.74) is 1.81. The summed E-state index contributed by atoms with van der Waals surface area (Å²) in [6, 6.07) is 9.93. The van der Waals surface area contributed by atoms with Gasteiger partial charge in [-0.05, 0) is 12.1 Å². The van der Waals surface area contributed by atoms with Gasteiger partial charge in [0, 0.05) is 18.9 Å². The smallest absolute Gasteiger partial charge is 0.223 e. The van der Waals surface area contributed by atoms with E-state index >= 15 is 0 Å². The first-order valence-electron chi connectivity index (χ1n) is 6.69. The number of para-hydroxylation sites is 1. The number of hydrogen-bond donors (Lipinski definition) is 1. The van der Waals surface area contributed by atoms with E-state index in [1.165, 1.54) is 0 Å². The minimum atomic E-state index is 0.545. The zero-order valence-electron chi connectivity index (χ0n) is 12.0. The van der Waals surface area contributed by atoms with Crippen molar-refractivity contribution < 1.29 is 9.26 Å². The van der Waals surface area contributed by atoms with Crippen LogP contribution in [-0.4, -0.2) is 22.2 Å². The molecule has 0 saturated heterocycles. The van der Waals surface area contributed by atoms with Crippen molar-refractivity contribution in [2.24, 2.45) is 0 Å². The molecule has 108 valence electrons. The van der Waals surface area contributed by atoms with Crippen LogP contribution in [0.5, 0.6) is 5.75 Å². The van der Waals surface area contributed by atoms with Crippen molar-refractivity contribution in [2.45, 2.75) is 20.0 Å². The number of aryl methyl sites for hydroxylation is 1. The minimum absolute atomic E-state index is 0.545. The maximum atomic E-state index is 5.34. The van der Waals surface area contributed by atoms with E-state index in [0.717, 1.165) is 22.3 Å². The Kier molecular flexibility index (Phi) is 3.79. The Morgan fingerprint density at radius 2 is 2.05 bits per heavy atom. The lowest BCUT2D eigenvalue weighted by molar-refractivity contribution is 0.385. The average molecular weight is 284 g/mol. The summed E-state index contributed by atoms with van der Waals surface area (Å²) in [6.07, 6.45) is 0. The highest BCUT2D eigenvalue weighted by Gasteiger charge is 2.05. The van der Waals surface area contributed by atoms with Crippen LogP contribution >= 0.6 is 0 Å². The molecule has 0 saturated carbocycles. The second-order valence-corrected chi connectivity index (χ2v) is 4.67. The van der Waals surface area contributed by atoms with Gasteiger partial charge in [0.25, 0.3) is 0 Å². The molecule has 0 bridgehead atoms. The molecule has 1 aromatic carbocycles. The second kappa shape index (κ2) is 5.88. The van der Waals surface area contributed by atoms with Gasteiger partial charge in [-0.25, -0.2) is 4.98 Å². The quantitative estimate of drug-likeness (QED) is 0.774. The van der Waals surface area contributed by atoms with Gasteiger partial charge in [0.2, 0.25) is 5.89 Å². The number of nitrogens with zero attached hydrogens (tertiary/aromatic N) is 3. The Labute approximate surface area is 122 Å². The fourth-order valence-electron chi connectivity index (χ4n) is 2.14. The molecule has 6 heteroatoms. The monoisotopic (exact) mass is 284 g/mol. The van der Waals surface area contributed by atoms with Crippen LogP contribution in [0.3, 0.4) is 0 Å². The third-order valence-electron chi connectivity index (χ3n) is 3.12. The van der Waals surface area contributed by atoms with Gasteiger partial charge in [-0.3, -0.25) is 0 Å². The Balaban J connectivity index is 1.72. The molecule has 0 unspecified atom stereocenters. The van der Waals surface area contributed by atoms with E-state index in [2.05, 4.69) is 20.4 Å². The van der Waals surface area contributed by atoms with E-state index in [1.807, 2.05) is 30.3 Å². The van der Waals surface area contributed by atoms with Crippen LogP contribution in [-0.2, 0) is 13.1 Å². The number of rotatable bonds is 5.